The molecule has 27 heavy (non-hydrogen) atoms. The van der Waals surface area contributed by atoms with Gasteiger partial charge in [-0.3, -0.25) is 4.90 Å². The zero-order valence-corrected chi connectivity index (χ0v) is 17.0. The first-order valence-electron chi connectivity index (χ1n) is 8.86. The Kier molecular flexibility index (Phi) is 5.74. The van der Waals surface area contributed by atoms with Crippen molar-refractivity contribution >= 4 is 10.0 Å². The van der Waals surface area contributed by atoms with Crippen LogP contribution < -0.4 is 9.47 Å². The molecule has 1 fully saturated rings. The van der Waals surface area contributed by atoms with Crippen LogP contribution in [-0.4, -0.2) is 58.5 Å². The van der Waals surface area contributed by atoms with Gasteiger partial charge in [0.25, 0.3) is 0 Å². The highest BCUT2D eigenvalue weighted by atomic mass is 32.2. The van der Waals surface area contributed by atoms with E-state index in [2.05, 4.69) is 29.2 Å². The molecule has 0 spiro atoms. The molecule has 146 valence electrons. The molecule has 0 unspecified atom stereocenters. The van der Waals surface area contributed by atoms with Gasteiger partial charge in [-0.1, -0.05) is 29.8 Å². The minimum Gasteiger partial charge on any atom is -0.493 e. The van der Waals surface area contributed by atoms with E-state index in [4.69, 9.17) is 9.47 Å². The fourth-order valence-electron chi connectivity index (χ4n) is 3.34. The van der Waals surface area contributed by atoms with E-state index < -0.39 is 10.0 Å². The Morgan fingerprint density at radius 1 is 0.963 bits per heavy atom. The number of sulfonamides is 1. The first-order chi connectivity index (χ1) is 12.9. The molecule has 0 saturated carbocycles. The number of likely N-dealkylation sites (N-methyl/N-ethyl adjacent to an activating group) is 1. The molecule has 0 aliphatic carbocycles. The maximum absolute atomic E-state index is 13.2. The van der Waals surface area contributed by atoms with Crippen LogP contribution in [0.25, 0.3) is 0 Å². The molecule has 2 aromatic carbocycles. The molecule has 0 radical (unpaired) electrons. The average Bonchev–Trinajstić information content (AvgIpc) is 2.68. The van der Waals surface area contributed by atoms with Crippen molar-refractivity contribution in [1.29, 1.82) is 0 Å². The summed E-state index contributed by atoms with van der Waals surface area (Å²) in [5.41, 5.74) is 2.31. The average molecular weight is 391 g/mol. The summed E-state index contributed by atoms with van der Waals surface area (Å²) in [6.07, 6.45) is 0. The fourth-order valence-corrected chi connectivity index (χ4v) is 4.80. The minimum atomic E-state index is -3.62. The number of ether oxygens (including phenoxy) is 2. The van der Waals surface area contributed by atoms with Gasteiger partial charge in [-0.05, 0) is 31.7 Å². The van der Waals surface area contributed by atoms with Gasteiger partial charge in [0.05, 0.1) is 19.1 Å². The predicted octanol–water partition coefficient (Wildman–Crippen LogP) is 2.69. The second-order valence-electron chi connectivity index (χ2n) is 6.79. The third-order valence-corrected chi connectivity index (χ3v) is 6.93. The smallest absolute Gasteiger partial charge is 0.243 e. The monoisotopic (exact) mass is 390 g/mol. The van der Waals surface area contributed by atoms with E-state index in [1.807, 2.05) is 14.0 Å². The summed E-state index contributed by atoms with van der Waals surface area (Å²) in [4.78, 5) is 2.41. The second-order valence-corrected chi connectivity index (χ2v) is 8.72. The van der Waals surface area contributed by atoms with Crippen LogP contribution in [0.1, 0.15) is 17.2 Å². The van der Waals surface area contributed by atoms with Crippen molar-refractivity contribution < 1.29 is 17.9 Å². The third-order valence-electron chi connectivity index (χ3n) is 5.07. The van der Waals surface area contributed by atoms with E-state index in [1.165, 1.54) is 25.8 Å². The summed E-state index contributed by atoms with van der Waals surface area (Å²) in [5.74, 6) is 0.912. The lowest BCUT2D eigenvalue weighted by molar-refractivity contribution is 0.148. The van der Waals surface area contributed by atoms with E-state index in [-0.39, 0.29) is 10.9 Å². The number of hydrogen-bond acceptors (Lipinski definition) is 5. The number of piperazine rings is 1. The SMILES string of the molecule is COc1ccc(S(=O)(=O)N2CCN(C)[C@@H](c3ccc(C)cc3)C2)cc1OC. The number of aryl methyl sites for hydroxylation is 1. The molecule has 1 heterocycles. The van der Waals surface area contributed by atoms with Crippen LogP contribution in [-0.2, 0) is 10.0 Å². The summed E-state index contributed by atoms with van der Waals surface area (Å²) in [7, 11) is 1.44. The highest BCUT2D eigenvalue weighted by Gasteiger charge is 2.33. The molecule has 3 rings (SSSR count). The third kappa shape index (κ3) is 3.95. The number of rotatable bonds is 5. The number of hydrogen-bond donors (Lipinski definition) is 0. The Bertz CT molecular complexity index is 897. The number of methoxy groups -OCH3 is 2. The van der Waals surface area contributed by atoms with Crippen molar-refractivity contribution in [3.63, 3.8) is 0 Å². The van der Waals surface area contributed by atoms with Gasteiger partial charge >= 0.3 is 0 Å². The Hall–Kier alpha value is -2.09. The molecular weight excluding hydrogens is 364 g/mol. The van der Waals surface area contributed by atoms with Crippen LogP contribution in [0.5, 0.6) is 11.5 Å². The highest BCUT2D eigenvalue weighted by molar-refractivity contribution is 7.89. The van der Waals surface area contributed by atoms with E-state index >= 15 is 0 Å². The van der Waals surface area contributed by atoms with Gasteiger partial charge in [0, 0.05) is 31.7 Å². The normalized spacial score (nSPS) is 19.0. The van der Waals surface area contributed by atoms with Crippen molar-refractivity contribution in [2.45, 2.75) is 17.9 Å². The molecule has 1 aliphatic rings. The first kappa shape index (κ1) is 19.7. The lowest BCUT2D eigenvalue weighted by Gasteiger charge is -2.39. The van der Waals surface area contributed by atoms with E-state index in [9.17, 15) is 8.42 Å². The van der Waals surface area contributed by atoms with Crippen molar-refractivity contribution in [2.24, 2.45) is 0 Å². The van der Waals surface area contributed by atoms with Crippen LogP contribution in [0.4, 0.5) is 0 Å². The highest BCUT2D eigenvalue weighted by Crippen LogP contribution is 2.33. The van der Waals surface area contributed by atoms with Crippen LogP contribution in [0, 0.1) is 6.92 Å². The van der Waals surface area contributed by atoms with Crippen LogP contribution in [0.2, 0.25) is 0 Å². The molecule has 0 aromatic heterocycles. The maximum Gasteiger partial charge on any atom is 0.243 e. The van der Waals surface area contributed by atoms with Gasteiger partial charge in [-0.2, -0.15) is 4.31 Å². The van der Waals surface area contributed by atoms with Gasteiger partial charge in [-0.25, -0.2) is 8.42 Å². The Labute approximate surface area is 161 Å². The van der Waals surface area contributed by atoms with Gasteiger partial charge in [0.15, 0.2) is 11.5 Å². The molecule has 1 aliphatic heterocycles. The van der Waals surface area contributed by atoms with Crippen molar-refractivity contribution in [3.05, 3.63) is 53.6 Å². The largest absolute Gasteiger partial charge is 0.493 e. The second kappa shape index (κ2) is 7.88. The summed E-state index contributed by atoms with van der Waals surface area (Å²) < 4.78 is 38.4. The summed E-state index contributed by atoms with van der Waals surface area (Å²) in [5, 5.41) is 0. The summed E-state index contributed by atoms with van der Waals surface area (Å²) >= 11 is 0. The van der Waals surface area contributed by atoms with Gasteiger partial charge in [0.2, 0.25) is 10.0 Å². The van der Waals surface area contributed by atoms with E-state index in [0.717, 1.165) is 5.56 Å². The zero-order valence-electron chi connectivity index (χ0n) is 16.2. The van der Waals surface area contributed by atoms with Crippen molar-refractivity contribution in [3.8, 4) is 11.5 Å². The lowest BCUT2D eigenvalue weighted by atomic mass is 10.0. The van der Waals surface area contributed by atoms with E-state index in [0.29, 0.717) is 31.1 Å². The molecule has 0 N–H and O–H groups in total. The first-order valence-corrected chi connectivity index (χ1v) is 10.3. The molecular formula is C20H26N2O4S. The molecule has 6 nitrogen and oxygen atoms in total. The Morgan fingerprint density at radius 2 is 1.63 bits per heavy atom. The van der Waals surface area contributed by atoms with Crippen LogP contribution in [0.15, 0.2) is 47.4 Å². The number of nitrogens with zero attached hydrogens (tertiary/aromatic N) is 2. The number of benzene rings is 2. The molecule has 0 bridgehead atoms. The Balaban J connectivity index is 1.89. The van der Waals surface area contributed by atoms with E-state index in [1.54, 1.807) is 16.4 Å². The van der Waals surface area contributed by atoms with Crippen molar-refractivity contribution in [1.82, 2.24) is 9.21 Å². The van der Waals surface area contributed by atoms with Crippen LogP contribution >= 0.6 is 0 Å². The molecule has 1 saturated heterocycles. The quantitative estimate of drug-likeness (QED) is 0.786. The van der Waals surface area contributed by atoms with Gasteiger partial charge < -0.3 is 9.47 Å². The molecule has 7 heteroatoms. The standard InChI is InChI=1S/C20H26N2O4S/c1-15-5-7-16(8-6-15)18-14-22(12-11-21(18)2)27(23,24)17-9-10-19(25-3)20(13-17)26-4/h5-10,13,18H,11-12,14H2,1-4H3/t18-/m1/s1. The van der Waals surface area contributed by atoms with Crippen molar-refractivity contribution in [2.75, 3.05) is 40.9 Å². The fraction of sp³-hybridized carbons (Fsp3) is 0.400. The summed E-state index contributed by atoms with van der Waals surface area (Å²) in [6.45, 7) is 3.58. The molecule has 2 aromatic rings. The lowest BCUT2D eigenvalue weighted by Crippen LogP contribution is -2.48. The topological polar surface area (TPSA) is 59.1 Å². The van der Waals surface area contributed by atoms with Crippen LogP contribution in [0.3, 0.4) is 0 Å². The summed E-state index contributed by atoms with van der Waals surface area (Å²) in [6, 6.07) is 13.0. The van der Waals surface area contributed by atoms with Gasteiger partial charge in [-0.15, -0.1) is 0 Å². The Morgan fingerprint density at radius 3 is 2.26 bits per heavy atom. The zero-order chi connectivity index (χ0) is 19.6. The molecule has 1 atom stereocenters. The predicted molar refractivity (Wildman–Crippen MR) is 105 cm³/mol. The maximum atomic E-state index is 13.2. The van der Waals surface area contributed by atoms with Gasteiger partial charge in [0.1, 0.15) is 0 Å². The minimum absolute atomic E-state index is 0.0225. The molecule has 0 amide bonds.